The number of rotatable bonds is 6. The molecule has 1 aromatic rings. The average molecular weight is 292 g/mol. The molecule has 0 aromatic heterocycles. The van der Waals surface area contributed by atoms with Gasteiger partial charge in [0, 0.05) is 6.42 Å². The van der Waals surface area contributed by atoms with Crippen LogP contribution >= 0.6 is 0 Å². The van der Waals surface area contributed by atoms with Crippen molar-refractivity contribution in [2.45, 2.75) is 38.0 Å². The van der Waals surface area contributed by atoms with Gasteiger partial charge in [0.2, 0.25) is 0 Å². The molecule has 0 amide bonds. The zero-order valence-corrected chi connectivity index (χ0v) is 11.8. The Bertz CT molecular complexity index is 442. The molecule has 1 N–H and O–H groups in total. The molecule has 0 aliphatic heterocycles. The molecule has 1 rings (SSSR count). The first-order chi connectivity index (χ1) is 9.19. The third-order valence-electron chi connectivity index (χ3n) is 3.13. The maximum absolute atomic E-state index is 12.1. The Morgan fingerprint density at radius 3 is 2.15 bits per heavy atom. The fraction of sp³-hybridized carbons (Fsp3) is 0.571. The maximum atomic E-state index is 12.1. The normalized spacial score (nSPS) is 14.8. The summed E-state index contributed by atoms with van der Waals surface area (Å²) in [5.41, 5.74) is -0.845. The third-order valence-corrected chi connectivity index (χ3v) is 3.13. The number of hydrogen-bond acceptors (Lipinski definition) is 3. The van der Waals surface area contributed by atoms with E-state index in [1.807, 2.05) is 0 Å². The molecular formula is C14H19F3O3. The number of alkyl halides is 3. The van der Waals surface area contributed by atoms with Gasteiger partial charge in [0.15, 0.2) is 11.5 Å². The topological polar surface area (TPSA) is 38.7 Å². The molecule has 6 heteroatoms. The van der Waals surface area contributed by atoms with Crippen LogP contribution in [0.5, 0.6) is 11.5 Å². The summed E-state index contributed by atoms with van der Waals surface area (Å²) in [7, 11) is 2.94. The van der Waals surface area contributed by atoms with Gasteiger partial charge in [-0.05, 0) is 37.5 Å². The van der Waals surface area contributed by atoms with Crippen LogP contribution in [0.25, 0.3) is 0 Å². The second-order valence-electron chi connectivity index (χ2n) is 4.81. The Hall–Kier alpha value is -1.43. The van der Waals surface area contributed by atoms with Crippen molar-refractivity contribution >= 4 is 0 Å². The first kappa shape index (κ1) is 16.6. The summed E-state index contributed by atoms with van der Waals surface area (Å²) in [6, 6.07) is 4.81. The van der Waals surface area contributed by atoms with Gasteiger partial charge in [0.1, 0.15) is 0 Å². The number of halogens is 3. The smallest absolute Gasteiger partial charge is 0.389 e. The van der Waals surface area contributed by atoms with E-state index in [4.69, 9.17) is 9.47 Å². The molecule has 0 heterocycles. The van der Waals surface area contributed by atoms with Gasteiger partial charge in [0.25, 0.3) is 0 Å². The van der Waals surface area contributed by atoms with Crippen LogP contribution in [0.4, 0.5) is 13.2 Å². The molecule has 114 valence electrons. The van der Waals surface area contributed by atoms with Crippen LogP contribution < -0.4 is 9.47 Å². The number of hydrogen-bond donors (Lipinski definition) is 1. The van der Waals surface area contributed by atoms with Gasteiger partial charge in [-0.15, -0.1) is 0 Å². The molecule has 0 fully saturated rings. The van der Waals surface area contributed by atoms with Crippen LogP contribution in [0.15, 0.2) is 18.2 Å². The van der Waals surface area contributed by atoms with E-state index < -0.39 is 18.2 Å². The Morgan fingerprint density at radius 1 is 1.05 bits per heavy atom. The summed E-state index contributed by atoms with van der Waals surface area (Å²) in [5, 5.41) is 10.3. The maximum Gasteiger partial charge on any atom is 0.389 e. The van der Waals surface area contributed by atoms with Crippen molar-refractivity contribution < 1.29 is 27.8 Å². The lowest BCUT2D eigenvalue weighted by Gasteiger charge is -2.25. The van der Waals surface area contributed by atoms with Crippen molar-refractivity contribution in [3.63, 3.8) is 0 Å². The van der Waals surface area contributed by atoms with E-state index in [-0.39, 0.29) is 12.8 Å². The van der Waals surface area contributed by atoms with E-state index in [2.05, 4.69) is 0 Å². The molecular weight excluding hydrogens is 273 g/mol. The monoisotopic (exact) mass is 292 g/mol. The molecule has 0 bridgehead atoms. The van der Waals surface area contributed by atoms with Crippen molar-refractivity contribution in [2.24, 2.45) is 0 Å². The van der Waals surface area contributed by atoms with Crippen LogP contribution in [-0.2, 0) is 5.60 Å². The third kappa shape index (κ3) is 4.59. The highest BCUT2D eigenvalue weighted by atomic mass is 19.4. The van der Waals surface area contributed by atoms with Gasteiger partial charge >= 0.3 is 6.18 Å². The van der Waals surface area contributed by atoms with Crippen molar-refractivity contribution in [2.75, 3.05) is 14.2 Å². The van der Waals surface area contributed by atoms with E-state index in [1.54, 1.807) is 18.2 Å². The summed E-state index contributed by atoms with van der Waals surface area (Å²) in [5.74, 6) is 0.934. The highest BCUT2D eigenvalue weighted by Crippen LogP contribution is 2.35. The molecule has 3 nitrogen and oxygen atoms in total. The standard InChI is InChI=1S/C14H19F3O3/c1-13(18,7-4-8-14(15,16)17)10-5-6-11(19-2)12(9-10)20-3/h5-6,9,18H,4,7-8H2,1-3H3. The fourth-order valence-electron chi connectivity index (χ4n) is 1.95. The molecule has 0 aliphatic carbocycles. The van der Waals surface area contributed by atoms with Crippen molar-refractivity contribution in [3.8, 4) is 11.5 Å². The summed E-state index contributed by atoms with van der Waals surface area (Å²) >= 11 is 0. The molecule has 0 radical (unpaired) electrons. The first-order valence-electron chi connectivity index (χ1n) is 6.21. The molecule has 0 saturated heterocycles. The first-order valence-corrected chi connectivity index (χ1v) is 6.21. The highest BCUT2D eigenvalue weighted by molar-refractivity contribution is 5.44. The zero-order chi connectivity index (χ0) is 15.4. The average Bonchev–Trinajstić information content (AvgIpc) is 2.36. The lowest BCUT2D eigenvalue weighted by Crippen LogP contribution is -2.22. The van der Waals surface area contributed by atoms with E-state index in [9.17, 15) is 18.3 Å². The van der Waals surface area contributed by atoms with Gasteiger partial charge in [-0.3, -0.25) is 0 Å². The minimum atomic E-state index is -4.20. The van der Waals surface area contributed by atoms with E-state index in [1.165, 1.54) is 21.1 Å². The van der Waals surface area contributed by atoms with Crippen LogP contribution in [-0.4, -0.2) is 25.5 Å². The Morgan fingerprint density at radius 2 is 1.65 bits per heavy atom. The van der Waals surface area contributed by atoms with E-state index >= 15 is 0 Å². The summed E-state index contributed by atoms with van der Waals surface area (Å²) in [4.78, 5) is 0. The van der Waals surface area contributed by atoms with Gasteiger partial charge < -0.3 is 14.6 Å². The fourth-order valence-corrected chi connectivity index (χ4v) is 1.95. The quantitative estimate of drug-likeness (QED) is 0.870. The second kappa shape index (κ2) is 6.35. The number of ether oxygens (including phenoxy) is 2. The minimum Gasteiger partial charge on any atom is -0.493 e. The van der Waals surface area contributed by atoms with Crippen molar-refractivity contribution in [1.82, 2.24) is 0 Å². The van der Waals surface area contributed by atoms with E-state index in [0.717, 1.165) is 0 Å². The number of benzene rings is 1. The Balaban J connectivity index is 2.81. The van der Waals surface area contributed by atoms with E-state index in [0.29, 0.717) is 17.1 Å². The molecule has 0 aliphatic rings. The molecule has 0 spiro atoms. The molecule has 20 heavy (non-hydrogen) atoms. The SMILES string of the molecule is COc1ccc(C(C)(O)CCCC(F)(F)F)cc1OC. The summed E-state index contributed by atoms with van der Waals surface area (Å²) in [6.07, 6.45) is -5.23. The van der Waals surface area contributed by atoms with Crippen molar-refractivity contribution in [3.05, 3.63) is 23.8 Å². The summed E-state index contributed by atoms with van der Waals surface area (Å²) < 4.78 is 46.6. The van der Waals surface area contributed by atoms with Crippen LogP contribution in [0.3, 0.4) is 0 Å². The van der Waals surface area contributed by atoms with Crippen LogP contribution in [0, 0.1) is 0 Å². The van der Waals surface area contributed by atoms with Gasteiger partial charge in [-0.2, -0.15) is 13.2 Å². The number of aliphatic hydroxyl groups is 1. The highest BCUT2D eigenvalue weighted by Gasteiger charge is 2.30. The lowest BCUT2D eigenvalue weighted by molar-refractivity contribution is -0.137. The Kier molecular flexibility index (Phi) is 5.28. The van der Waals surface area contributed by atoms with Crippen LogP contribution in [0.2, 0.25) is 0 Å². The summed E-state index contributed by atoms with van der Waals surface area (Å²) in [6.45, 7) is 1.49. The largest absolute Gasteiger partial charge is 0.493 e. The molecule has 1 unspecified atom stereocenters. The van der Waals surface area contributed by atoms with Crippen LogP contribution in [0.1, 0.15) is 31.7 Å². The molecule has 0 saturated carbocycles. The number of methoxy groups -OCH3 is 2. The Labute approximate surface area is 116 Å². The predicted molar refractivity (Wildman–Crippen MR) is 69.0 cm³/mol. The van der Waals surface area contributed by atoms with Crippen molar-refractivity contribution in [1.29, 1.82) is 0 Å². The molecule has 1 atom stereocenters. The zero-order valence-electron chi connectivity index (χ0n) is 11.8. The molecule has 1 aromatic carbocycles. The van der Waals surface area contributed by atoms with Gasteiger partial charge in [-0.1, -0.05) is 6.07 Å². The second-order valence-corrected chi connectivity index (χ2v) is 4.81. The minimum absolute atomic E-state index is 0.0159. The lowest BCUT2D eigenvalue weighted by atomic mass is 9.90. The van der Waals surface area contributed by atoms with Gasteiger partial charge in [0.05, 0.1) is 19.8 Å². The predicted octanol–water partition coefficient (Wildman–Crippen LogP) is 3.64. The van der Waals surface area contributed by atoms with Gasteiger partial charge in [-0.25, -0.2) is 0 Å².